The minimum absolute atomic E-state index is 0.186. The first-order valence-corrected chi connectivity index (χ1v) is 47.8. The number of piperidine rings is 1. The molecule has 27 nitrogen and oxygen atoms in total. The highest BCUT2D eigenvalue weighted by atomic mass is 35.5. The van der Waals surface area contributed by atoms with Crippen LogP contribution in [0.25, 0.3) is 45.0 Å². The number of carbonyl (C=O) groups is 1. The first-order valence-electron chi connectivity index (χ1n) is 45.4. The summed E-state index contributed by atoms with van der Waals surface area (Å²) >= 11 is 34.4. The molecule has 4 saturated heterocycles. The quantitative estimate of drug-likeness (QED) is 0.0361. The number of rotatable bonds is 18. The van der Waals surface area contributed by atoms with E-state index in [4.69, 9.17) is 116 Å². The number of likely N-dealkylation sites (tertiary alicyclic amines) is 1. The number of ether oxygens (including phenoxy) is 3. The predicted molar refractivity (Wildman–Crippen MR) is 546 cm³/mol. The molecule has 0 unspecified atom stereocenters. The maximum absolute atomic E-state index is 12.6. The molecule has 0 radical (unpaired) electrons. The Balaban J connectivity index is 0.000000124. The number of thiocarbonyl (C=S) groups is 4. The number of fused-ring (bicyclic) bond motifs is 12. The first-order chi connectivity index (χ1) is 64.5. The molecular weight excluding hydrogens is 1790 g/mol. The van der Waals surface area contributed by atoms with Crippen LogP contribution >= 0.6 is 72.1 Å². The molecule has 12 aromatic rings. The molecule has 8 aliphatic heterocycles. The van der Waals surface area contributed by atoms with E-state index < -0.39 is 0 Å². The van der Waals surface area contributed by atoms with E-state index in [-0.39, 0.29) is 5.91 Å². The van der Waals surface area contributed by atoms with Crippen molar-refractivity contribution in [1.82, 2.24) is 74.9 Å². The number of hydrogen-bond acceptors (Lipinski definition) is 26. The van der Waals surface area contributed by atoms with Crippen LogP contribution in [0.5, 0.6) is 0 Å². The van der Waals surface area contributed by atoms with Crippen LogP contribution in [0.3, 0.4) is 0 Å². The average Bonchev–Trinajstić information content (AvgIpc) is 1.66. The van der Waals surface area contributed by atoms with Crippen molar-refractivity contribution in [3.8, 4) is 45.0 Å². The van der Waals surface area contributed by atoms with Crippen molar-refractivity contribution in [2.75, 3.05) is 128 Å². The average molecular weight is 1890 g/mol. The number of nitrogens with zero attached hydrogens (tertiary/aromatic N) is 14. The fourth-order valence-corrected chi connectivity index (χ4v) is 19.0. The van der Waals surface area contributed by atoms with Crippen LogP contribution < -0.4 is 47.9 Å². The van der Waals surface area contributed by atoms with E-state index in [1.54, 1.807) is 6.07 Å². The van der Waals surface area contributed by atoms with Crippen molar-refractivity contribution in [1.29, 1.82) is 0 Å². The number of nitrogens with one attached hydrogen (secondary N) is 9. The van der Waals surface area contributed by atoms with E-state index in [1.165, 1.54) is 24.0 Å². The molecule has 9 N–H and O–H groups in total. The highest BCUT2D eigenvalue weighted by Crippen LogP contribution is 2.42. The lowest BCUT2D eigenvalue weighted by Gasteiger charge is -2.31. The van der Waals surface area contributed by atoms with Gasteiger partial charge < -0.3 is 67.0 Å². The summed E-state index contributed by atoms with van der Waals surface area (Å²) in [7, 11) is 0. The second kappa shape index (κ2) is 43.2. The smallest absolute Gasteiger partial charge is 0.269 e. The van der Waals surface area contributed by atoms with Crippen LogP contribution in [0.4, 0.5) is 69.3 Å². The van der Waals surface area contributed by atoms with Gasteiger partial charge >= 0.3 is 0 Å². The number of amides is 1. The van der Waals surface area contributed by atoms with Crippen LogP contribution in [-0.2, 0) is 52.7 Å². The molecular formula is C100H107Cl2N23O4S4. The normalized spacial score (nSPS) is 15.9. The zero-order valence-electron chi connectivity index (χ0n) is 75.5. The molecule has 0 atom stereocenters. The van der Waals surface area contributed by atoms with Gasteiger partial charge in [0.1, 0.15) is 5.69 Å². The summed E-state index contributed by atoms with van der Waals surface area (Å²) in [5, 5.41) is 30.9. The van der Waals surface area contributed by atoms with Crippen molar-refractivity contribution in [3.05, 3.63) is 235 Å². The van der Waals surface area contributed by atoms with Gasteiger partial charge in [-0.05, 0) is 238 Å². The summed E-state index contributed by atoms with van der Waals surface area (Å²) in [5.74, 6) is 3.75. The summed E-state index contributed by atoms with van der Waals surface area (Å²) in [4.78, 5) is 76.7. The maximum Gasteiger partial charge on any atom is 0.269 e. The van der Waals surface area contributed by atoms with Crippen molar-refractivity contribution in [2.45, 2.75) is 131 Å². The van der Waals surface area contributed by atoms with E-state index in [0.29, 0.717) is 95.2 Å². The Labute approximate surface area is 806 Å². The molecule has 1 amide bonds. The minimum Gasteiger partial charge on any atom is -0.381 e. The second-order valence-corrected chi connectivity index (χ2v) is 37.5. The molecule has 8 aromatic heterocycles. The van der Waals surface area contributed by atoms with Gasteiger partial charge in [-0.15, -0.1) is 0 Å². The molecule has 8 aliphatic rings. The number of morpholine rings is 1. The van der Waals surface area contributed by atoms with Gasteiger partial charge in [0.2, 0.25) is 23.8 Å². The fourth-order valence-electron chi connectivity index (χ4n) is 17.6. The summed E-state index contributed by atoms with van der Waals surface area (Å²) in [6.45, 7) is 25.8. The number of pyridine rings is 4. The van der Waals surface area contributed by atoms with Gasteiger partial charge in [-0.2, -0.15) is 0 Å². The van der Waals surface area contributed by atoms with Gasteiger partial charge in [0.05, 0.1) is 101 Å². The molecule has 0 saturated carbocycles. The summed E-state index contributed by atoms with van der Waals surface area (Å²) in [5.41, 5.74) is 28.3. The van der Waals surface area contributed by atoms with Gasteiger partial charge in [-0.1, -0.05) is 103 Å². The predicted octanol–water partition coefficient (Wildman–Crippen LogP) is 19.7. The molecule has 4 aromatic carbocycles. The summed E-state index contributed by atoms with van der Waals surface area (Å²) in [6, 6.07) is 38.0. The third-order valence-electron chi connectivity index (χ3n) is 25.0. The van der Waals surface area contributed by atoms with Gasteiger partial charge in [-0.25, -0.2) is 44.9 Å². The fraction of sp³-hybridized carbons (Fsp3) is 0.350. The van der Waals surface area contributed by atoms with E-state index in [0.717, 1.165) is 284 Å². The molecule has 33 heteroatoms. The topological polar surface area (TPSA) is 314 Å². The number of halogens is 2. The van der Waals surface area contributed by atoms with Crippen LogP contribution in [-0.4, -0.2) is 181 Å². The molecule has 20 rings (SSSR count). The molecule has 16 heterocycles. The number of aromatic nitrogens is 12. The van der Waals surface area contributed by atoms with E-state index in [9.17, 15) is 4.79 Å². The molecule has 133 heavy (non-hydrogen) atoms. The highest BCUT2D eigenvalue weighted by Gasteiger charge is 2.29. The number of benzene rings is 4. The monoisotopic (exact) mass is 1890 g/mol. The zero-order chi connectivity index (χ0) is 92.2. The van der Waals surface area contributed by atoms with E-state index >= 15 is 0 Å². The van der Waals surface area contributed by atoms with Crippen LogP contribution in [0.15, 0.2) is 146 Å². The van der Waals surface area contributed by atoms with Gasteiger partial charge in [0, 0.05) is 198 Å². The van der Waals surface area contributed by atoms with Gasteiger partial charge in [-0.3, -0.25) is 24.6 Å². The van der Waals surface area contributed by atoms with E-state index in [2.05, 4.69) is 168 Å². The summed E-state index contributed by atoms with van der Waals surface area (Å²) in [6.07, 6.45) is 20.5. The lowest BCUT2D eigenvalue weighted by Crippen LogP contribution is -2.41. The zero-order valence-corrected chi connectivity index (χ0v) is 80.3. The lowest BCUT2D eigenvalue weighted by molar-refractivity contribution is 0.0383. The number of aryl methyl sites for hydroxylation is 6. The van der Waals surface area contributed by atoms with Crippen LogP contribution in [0.2, 0.25) is 10.0 Å². The molecule has 0 aliphatic carbocycles. The Bertz CT molecular complexity index is 6200. The lowest BCUT2D eigenvalue weighted by atomic mass is 9.90. The van der Waals surface area contributed by atoms with Crippen LogP contribution in [0, 0.1) is 53.4 Å². The standard InChI is InChI=1S/C26H29N7O2S.C25H27ClN6S.C25H27N5OS.C24H24ClN5OS/c1-16-3-4-19-22(13-16)30-23(36)14-18-15-28-26(32-24(18)19)31-20-5-6-21(29-17(20)2)25(34)27-7-8-33-9-11-35-12-10-33;1-3-32-8-6-16(7-9-32)17-10-21(15(2)27-13-17)30-25-28-14-18-11-23(33)29-22-12-19(26)4-5-20(22)24(18)31-25;1-15-3-5-20-22(11-15)28-23(32)13-18-14-26-25(30-24(18)20)29-21-6-4-19(27-16(21)2)12-17-7-9-31-10-8-17;1-14-20(5-3-18(27-14)10-15-6-8-31-9-7-15)29-24-26-13-16-11-22(32)28-21-12-17(25)2-4-19(21)23(16)30-24/h3-6,13,15H,7-12,14H2,1-2H3,(H,27,34)(H,30,36)(H,28,31,32);4-5,10,12-14,16H,3,6-9,11H2,1-2H3,(H,29,33)(H,28,30,31);3-6,11,14,17H,7-10,12-13H2,1-2H3,(H,28,32)(H,26,29,30);2-5,12-13,15H,6-11H2,1H3,(H,28,32)(H,26,29,30). The first kappa shape index (κ1) is 93.2. The van der Waals surface area contributed by atoms with Crippen molar-refractivity contribution < 1.29 is 19.0 Å². The Kier molecular flexibility index (Phi) is 30.3. The largest absolute Gasteiger partial charge is 0.381 e. The van der Waals surface area contributed by atoms with Crippen molar-refractivity contribution in [2.24, 2.45) is 11.8 Å². The van der Waals surface area contributed by atoms with Gasteiger partial charge in [0.15, 0.2) is 0 Å². The third-order valence-corrected chi connectivity index (χ3v) is 26.4. The number of hydrogen-bond donors (Lipinski definition) is 9. The Morgan fingerprint density at radius 2 is 0.789 bits per heavy atom. The Morgan fingerprint density at radius 3 is 1.20 bits per heavy atom. The van der Waals surface area contributed by atoms with Crippen molar-refractivity contribution in [3.63, 3.8) is 0 Å². The summed E-state index contributed by atoms with van der Waals surface area (Å²) < 4.78 is 16.3. The van der Waals surface area contributed by atoms with Crippen molar-refractivity contribution >= 4 is 167 Å². The molecule has 0 spiro atoms. The molecule has 0 bridgehead atoms. The third kappa shape index (κ3) is 23.8. The highest BCUT2D eigenvalue weighted by molar-refractivity contribution is 7.81. The maximum atomic E-state index is 12.6. The van der Waals surface area contributed by atoms with Gasteiger partial charge in [0.25, 0.3) is 5.91 Å². The second-order valence-electron chi connectivity index (χ2n) is 34.7. The molecule has 4 fully saturated rings. The van der Waals surface area contributed by atoms with Crippen LogP contribution in [0.1, 0.15) is 135 Å². The number of carbonyl (C=O) groups excluding carboxylic acids is 1. The minimum atomic E-state index is -0.186. The molecule has 684 valence electrons. The SMILES string of the molecule is CCN1CCC(c2cnc(C)c(Nc3ncc4c(n3)-c3ccc(Cl)cc3NC(=S)C4)c2)CC1.Cc1ccc2c(c1)NC(=S)Cc1cnc(Nc3ccc(C(=O)NCCN4CCOCC4)nc3C)nc1-2.Cc1ccc2c(c1)NC(=S)Cc1cnc(Nc3ccc(CC4CCOCC4)nc3C)nc1-2.Cc1nc(CC2CCOCC2)ccc1Nc1ncc2c(n1)-c1ccc(Cl)cc1NC(=S)C2. The Morgan fingerprint density at radius 1 is 0.406 bits per heavy atom. The van der Waals surface area contributed by atoms with E-state index in [1.807, 2.05) is 108 Å². The Hall–Kier alpha value is -11.6. The number of anilines is 12.